The number of piperazine rings is 1. The fourth-order valence-corrected chi connectivity index (χ4v) is 9.29. The third-order valence-electron chi connectivity index (χ3n) is 11.1. The van der Waals surface area contributed by atoms with Crippen LogP contribution < -0.4 is 16.1 Å². The van der Waals surface area contributed by atoms with Gasteiger partial charge in [0.1, 0.15) is 22.9 Å². The molecular formula is C40H43ClN10O5S. The van der Waals surface area contributed by atoms with Gasteiger partial charge in [-0.25, -0.2) is 5.01 Å². The summed E-state index contributed by atoms with van der Waals surface area (Å²) >= 11 is 7.92. The van der Waals surface area contributed by atoms with Crippen molar-refractivity contribution in [3.8, 4) is 5.00 Å². The molecule has 2 aromatic heterocycles. The van der Waals surface area contributed by atoms with Crippen LogP contribution in [0.2, 0.25) is 5.02 Å². The van der Waals surface area contributed by atoms with Crippen molar-refractivity contribution in [3.63, 3.8) is 0 Å². The number of carbonyl (C=O) groups excluding carboxylic acids is 5. The second-order valence-electron chi connectivity index (χ2n) is 14.8. The summed E-state index contributed by atoms with van der Waals surface area (Å²) in [5, 5.41) is 18.1. The number of rotatable bonds is 10. The fourth-order valence-electron chi connectivity index (χ4n) is 7.95. The van der Waals surface area contributed by atoms with Gasteiger partial charge in [0.15, 0.2) is 5.82 Å². The Balaban J connectivity index is 0.842. The first-order valence-electron chi connectivity index (χ1n) is 19.2. The van der Waals surface area contributed by atoms with Crippen molar-refractivity contribution in [2.45, 2.75) is 71.5 Å². The van der Waals surface area contributed by atoms with Crippen molar-refractivity contribution >= 4 is 63.9 Å². The van der Waals surface area contributed by atoms with Crippen molar-refractivity contribution in [1.29, 1.82) is 0 Å². The van der Waals surface area contributed by atoms with Gasteiger partial charge in [-0.1, -0.05) is 29.8 Å². The van der Waals surface area contributed by atoms with E-state index < -0.39 is 18.0 Å². The average Bonchev–Trinajstić information content (AvgIpc) is 3.81. The van der Waals surface area contributed by atoms with E-state index >= 15 is 0 Å². The molecule has 5 amide bonds. The third kappa shape index (κ3) is 7.56. The van der Waals surface area contributed by atoms with E-state index in [0.717, 1.165) is 44.5 Å². The van der Waals surface area contributed by atoms with E-state index in [9.17, 15) is 24.0 Å². The minimum atomic E-state index is -0.681. The van der Waals surface area contributed by atoms with E-state index in [4.69, 9.17) is 16.6 Å². The molecule has 4 aliphatic heterocycles. The van der Waals surface area contributed by atoms with Gasteiger partial charge in [-0.05, 0) is 63.4 Å². The van der Waals surface area contributed by atoms with E-state index in [1.54, 1.807) is 23.5 Å². The highest BCUT2D eigenvalue weighted by atomic mass is 35.5. The number of benzene rings is 2. The average molecular weight is 811 g/mol. The molecule has 1 unspecified atom stereocenters. The standard InChI is InChI=1S/C40H43ClN10O5S/c1-22-23(2)57-40-35(22)36(25-9-11-26(41)12-10-25)43-30(37-46-45-24(3)51(37)40)20-34(54)48-16-18-49(19-17-48)47-33(53)8-5-15-42-29-7-4-6-27-28(29)21-50(39(27)56)31-13-14-32(52)44-38(31)55/h4,6-7,9-12,30-31,42H,5,8,13-21H2,1-3H3,(H,47,53)(H,44,52,55)/t30-,31?/m0/s1. The monoisotopic (exact) mass is 810 g/mol. The van der Waals surface area contributed by atoms with Crippen molar-refractivity contribution in [1.82, 2.24) is 40.3 Å². The molecule has 2 atom stereocenters. The van der Waals surface area contributed by atoms with Crippen LogP contribution in [0.1, 0.15) is 87.3 Å². The second-order valence-corrected chi connectivity index (χ2v) is 16.4. The topological polar surface area (TPSA) is 174 Å². The highest BCUT2D eigenvalue weighted by Gasteiger charge is 2.40. The molecule has 0 aliphatic carbocycles. The van der Waals surface area contributed by atoms with Crippen LogP contribution in [0.15, 0.2) is 47.5 Å². The highest BCUT2D eigenvalue weighted by Crippen LogP contribution is 2.40. The normalized spacial score (nSPS) is 19.4. The molecule has 3 N–H and O–H groups in total. The van der Waals surface area contributed by atoms with E-state index in [2.05, 4.69) is 40.1 Å². The van der Waals surface area contributed by atoms with Crippen LogP contribution in [-0.2, 0) is 25.7 Å². The lowest BCUT2D eigenvalue weighted by Crippen LogP contribution is -2.54. The molecule has 2 aromatic carbocycles. The van der Waals surface area contributed by atoms with Gasteiger partial charge in [-0.15, -0.1) is 21.5 Å². The molecule has 296 valence electrons. The maximum Gasteiger partial charge on any atom is 0.255 e. The number of amides is 5. The maximum absolute atomic E-state index is 13.9. The highest BCUT2D eigenvalue weighted by molar-refractivity contribution is 7.15. The number of aromatic nitrogens is 3. The number of imide groups is 1. The Morgan fingerprint density at radius 2 is 1.77 bits per heavy atom. The Labute approximate surface area is 338 Å². The van der Waals surface area contributed by atoms with Crippen LogP contribution in [0.4, 0.5) is 5.69 Å². The summed E-state index contributed by atoms with van der Waals surface area (Å²) in [6, 6.07) is 11.8. The fraction of sp³-hybridized carbons (Fsp3) is 0.400. The predicted molar refractivity (Wildman–Crippen MR) is 214 cm³/mol. The number of nitrogens with one attached hydrogen (secondary N) is 3. The minimum absolute atomic E-state index is 0.0454. The van der Waals surface area contributed by atoms with Gasteiger partial charge in [0.2, 0.25) is 23.6 Å². The largest absolute Gasteiger partial charge is 0.385 e. The van der Waals surface area contributed by atoms with Crippen LogP contribution >= 0.6 is 22.9 Å². The van der Waals surface area contributed by atoms with Gasteiger partial charge in [0, 0.05) is 90.0 Å². The van der Waals surface area contributed by atoms with Crippen LogP contribution in [-0.4, -0.2) is 104 Å². The zero-order valence-electron chi connectivity index (χ0n) is 31.9. The Hall–Kier alpha value is -5.45. The molecule has 17 heteroatoms. The Kier molecular flexibility index (Phi) is 10.7. The second kappa shape index (κ2) is 15.8. The van der Waals surface area contributed by atoms with E-state index in [1.807, 2.05) is 51.7 Å². The molecule has 0 bridgehead atoms. The SMILES string of the molecule is Cc1sc2c(c1C)C(c1ccc(Cl)cc1)=N[C@@H](CC(=O)N1CCN(NC(=O)CCCNc3cccc4c3CN(C3CCC(=O)NC3=O)C4=O)CC1)c1nnc(C)n1-2. The van der Waals surface area contributed by atoms with Crippen LogP contribution in [0, 0.1) is 20.8 Å². The number of hydrogen-bond acceptors (Lipinski definition) is 11. The van der Waals surface area contributed by atoms with Gasteiger partial charge in [0.25, 0.3) is 5.91 Å². The van der Waals surface area contributed by atoms with Crippen molar-refractivity contribution in [3.05, 3.63) is 91.8 Å². The number of hydrazine groups is 1. The number of nitrogens with zero attached hydrogens (tertiary/aromatic N) is 7. The molecule has 8 rings (SSSR count). The van der Waals surface area contributed by atoms with Gasteiger partial charge < -0.3 is 15.1 Å². The van der Waals surface area contributed by atoms with E-state index in [1.165, 1.54) is 9.78 Å². The molecule has 15 nitrogen and oxygen atoms in total. The summed E-state index contributed by atoms with van der Waals surface area (Å²) < 4.78 is 2.04. The summed E-state index contributed by atoms with van der Waals surface area (Å²) in [4.78, 5) is 73.8. The summed E-state index contributed by atoms with van der Waals surface area (Å²) in [6.45, 7) is 8.75. The van der Waals surface area contributed by atoms with Gasteiger partial charge in [0.05, 0.1) is 12.1 Å². The molecule has 4 aromatic rings. The number of anilines is 1. The number of aliphatic imine (C=N–C) groups is 1. The number of carbonyl (C=O) groups is 5. The molecule has 2 saturated heterocycles. The minimum Gasteiger partial charge on any atom is -0.385 e. The Morgan fingerprint density at radius 1 is 1.00 bits per heavy atom. The first kappa shape index (κ1) is 38.4. The molecule has 0 saturated carbocycles. The maximum atomic E-state index is 13.9. The van der Waals surface area contributed by atoms with Crippen LogP contribution in [0.5, 0.6) is 0 Å². The lowest BCUT2D eigenvalue weighted by molar-refractivity contribution is -0.137. The number of piperidine rings is 1. The zero-order valence-corrected chi connectivity index (χ0v) is 33.5. The number of thiophene rings is 1. The summed E-state index contributed by atoms with van der Waals surface area (Å²) in [7, 11) is 0. The Bertz CT molecular complexity index is 2310. The smallest absolute Gasteiger partial charge is 0.255 e. The van der Waals surface area contributed by atoms with Gasteiger partial charge >= 0.3 is 0 Å². The molecule has 0 radical (unpaired) electrons. The molecule has 2 fully saturated rings. The molecule has 4 aliphatic rings. The van der Waals surface area contributed by atoms with E-state index in [-0.39, 0.29) is 49.4 Å². The van der Waals surface area contributed by atoms with Crippen LogP contribution in [0.25, 0.3) is 5.00 Å². The number of halogens is 1. The number of aryl methyl sites for hydroxylation is 2. The van der Waals surface area contributed by atoms with Gasteiger partial charge in [-0.3, -0.25) is 44.3 Å². The molecular weight excluding hydrogens is 768 g/mol. The van der Waals surface area contributed by atoms with Crippen molar-refractivity contribution in [2.24, 2.45) is 4.99 Å². The first-order valence-corrected chi connectivity index (χ1v) is 20.3. The number of fused-ring (bicyclic) bond motifs is 4. The van der Waals surface area contributed by atoms with Crippen LogP contribution in [0.3, 0.4) is 0 Å². The van der Waals surface area contributed by atoms with E-state index in [0.29, 0.717) is 62.0 Å². The summed E-state index contributed by atoms with van der Waals surface area (Å²) in [5.74, 6) is 0.200. The molecule has 0 spiro atoms. The zero-order chi connectivity index (χ0) is 40.0. The third-order valence-corrected chi connectivity index (χ3v) is 12.6. The lowest BCUT2D eigenvalue weighted by Gasteiger charge is -2.35. The first-order chi connectivity index (χ1) is 27.5. The number of hydrogen-bond donors (Lipinski definition) is 3. The molecule has 6 heterocycles. The van der Waals surface area contributed by atoms with Crippen molar-refractivity contribution < 1.29 is 24.0 Å². The quantitative estimate of drug-likeness (QED) is 0.158. The molecule has 57 heavy (non-hydrogen) atoms. The lowest BCUT2D eigenvalue weighted by atomic mass is 9.99. The predicted octanol–water partition coefficient (Wildman–Crippen LogP) is 4.02. The summed E-state index contributed by atoms with van der Waals surface area (Å²) in [5.41, 5.74) is 8.95. The Morgan fingerprint density at radius 3 is 2.53 bits per heavy atom. The summed E-state index contributed by atoms with van der Waals surface area (Å²) in [6.07, 6.45) is 1.45. The van der Waals surface area contributed by atoms with Gasteiger partial charge in [-0.2, -0.15) is 0 Å². The van der Waals surface area contributed by atoms with Crippen molar-refractivity contribution in [2.75, 3.05) is 38.0 Å².